The largest absolute Gasteiger partial charge is 0.339 e. The van der Waals surface area contributed by atoms with Crippen LogP contribution in [0.25, 0.3) is 10.8 Å². The zero-order valence-electron chi connectivity index (χ0n) is 6.28. The average molecular weight is 147 g/mol. The minimum atomic E-state index is 1.05. The standard InChI is InChI=1S/C8H9N3/c1-6-8-4-10-3-2-7(8)5-11(6)9/h2-5H,9H2,1H3. The van der Waals surface area contributed by atoms with Crippen LogP contribution in [0.4, 0.5) is 0 Å². The highest BCUT2D eigenvalue weighted by atomic mass is 15.3. The van der Waals surface area contributed by atoms with Crippen molar-refractivity contribution in [3.8, 4) is 0 Å². The van der Waals surface area contributed by atoms with E-state index in [1.54, 1.807) is 10.9 Å². The van der Waals surface area contributed by atoms with Crippen molar-refractivity contribution in [3.63, 3.8) is 0 Å². The van der Waals surface area contributed by atoms with Crippen molar-refractivity contribution in [1.82, 2.24) is 9.66 Å². The molecular formula is C8H9N3. The fourth-order valence-corrected chi connectivity index (χ4v) is 1.21. The van der Waals surface area contributed by atoms with Crippen LogP contribution in [0.2, 0.25) is 0 Å². The Morgan fingerprint density at radius 1 is 1.55 bits per heavy atom. The van der Waals surface area contributed by atoms with Crippen LogP contribution in [-0.2, 0) is 0 Å². The minimum Gasteiger partial charge on any atom is -0.339 e. The summed E-state index contributed by atoms with van der Waals surface area (Å²) in [6, 6.07) is 1.95. The first-order valence-electron chi connectivity index (χ1n) is 3.46. The molecule has 0 saturated heterocycles. The summed E-state index contributed by atoms with van der Waals surface area (Å²) in [5.74, 6) is 5.64. The summed E-state index contributed by atoms with van der Waals surface area (Å²) in [6.45, 7) is 1.98. The summed E-state index contributed by atoms with van der Waals surface area (Å²) in [5.41, 5.74) is 1.05. The number of nitrogens with zero attached hydrogens (tertiary/aromatic N) is 2. The van der Waals surface area contributed by atoms with Crippen LogP contribution in [0, 0.1) is 6.92 Å². The van der Waals surface area contributed by atoms with Gasteiger partial charge in [-0.05, 0) is 13.0 Å². The number of pyridine rings is 1. The lowest BCUT2D eigenvalue weighted by Gasteiger charge is -1.92. The molecule has 2 N–H and O–H groups in total. The summed E-state index contributed by atoms with van der Waals surface area (Å²) in [4.78, 5) is 4.02. The fraction of sp³-hybridized carbons (Fsp3) is 0.125. The molecule has 0 aliphatic rings. The van der Waals surface area contributed by atoms with E-state index in [4.69, 9.17) is 5.84 Å². The van der Waals surface area contributed by atoms with Crippen molar-refractivity contribution in [1.29, 1.82) is 0 Å². The van der Waals surface area contributed by atoms with E-state index in [-0.39, 0.29) is 0 Å². The Morgan fingerprint density at radius 2 is 2.36 bits per heavy atom. The van der Waals surface area contributed by atoms with E-state index in [0.717, 1.165) is 16.5 Å². The van der Waals surface area contributed by atoms with E-state index in [1.165, 1.54) is 0 Å². The third kappa shape index (κ3) is 0.774. The molecule has 0 unspecified atom stereocenters. The number of hydrogen-bond acceptors (Lipinski definition) is 2. The number of hydrogen-bond donors (Lipinski definition) is 1. The summed E-state index contributed by atoms with van der Waals surface area (Å²) in [5, 5.41) is 2.26. The molecule has 0 aliphatic heterocycles. The molecule has 11 heavy (non-hydrogen) atoms. The predicted octanol–water partition coefficient (Wildman–Crippen LogP) is 1.06. The Kier molecular flexibility index (Phi) is 1.12. The van der Waals surface area contributed by atoms with Crippen LogP contribution in [0.5, 0.6) is 0 Å². The van der Waals surface area contributed by atoms with E-state index >= 15 is 0 Å². The van der Waals surface area contributed by atoms with Gasteiger partial charge >= 0.3 is 0 Å². The molecule has 0 aromatic carbocycles. The van der Waals surface area contributed by atoms with Crippen molar-refractivity contribution in [3.05, 3.63) is 30.4 Å². The number of nitrogen functional groups attached to an aromatic ring is 1. The molecule has 0 atom stereocenters. The number of aryl methyl sites for hydroxylation is 1. The van der Waals surface area contributed by atoms with E-state index < -0.39 is 0 Å². The van der Waals surface area contributed by atoms with Crippen LogP contribution < -0.4 is 5.84 Å². The lowest BCUT2D eigenvalue weighted by Crippen LogP contribution is -2.07. The van der Waals surface area contributed by atoms with Gasteiger partial charge in [-0.25, -0.2) is 0 Å². The predicted molar refractivity (Wildman–Crippen MR) is 44.6 cm³/mol. The van der Waals surface area contributed by atoms with Crippen LogP contribution in [0.3, 0.4) is 0 Å². The maximum Gasteiger partial charge on any atom is 0.0454 e. The number of aromatic nitrogens is 2. The lowest BCUT2D eigenvalue weighted by atomic mass is 10.2. The lowest BCUT2D eigenvalue weighted by molar-refractivity contribution is 0.969. The molecular weight excluding hydrogens is 138 g/mol. The Balaban J connectivity index is 2.92. The highest BCUT2D eigenvalue weighted by Gasteiger charge is 2.00. The van der Waals surface area contributed by atoms with E-state index in [1.807, 2.05) is 25.4 Å². The molecule has 0 radical (unpaired) electrons. The molecule has 0 saturated carbocycles. The smallest absolute Gasteiger partial charge is 0.0454 e. The Labute approximate surface area is 64.4 Å². The number of fused-ring (bicyclic) bond motifs is 1. The first-order valence-corrected chi connectivity index (χ1v) is 3.46. The SMILES string of the molecule is Cc1c2cnccc2cn1N. The molecule has 3 nitrogen and oxygen atoms in total. The topological polar surface area (TPSA) is 43.8 Å². The van der Waals surface area contributed by atoms with Gasteiger partial charge in [0.15, 0.2) is 0 Å². The third-order valence-electron chi connectivity index (χ3n) is 1.91. The summed E-state index contributed by atoms with van der Waals surface area (Å²) in [7, 11) is 0. The Hall–Kier alpha value is -1.51. The van der Waals surface area contributed by atoms with Crippen molar-refractivity contribution in [2.24, 2.45) is 0 Å². The van der Waals surface area contributed by atoms with E-state index in [9.17, 15) is 0 Å². The zero-order chi connectivity index (χ0) is 7.84. The first-order chi connectivity index (χ1) is 5.29. The molecule has 2 aromatic heterocycles. The van der Waals surface area contributed by atoms with E-state index in [2.05, 4.69) is 4.98 Å². The third-order valence-corrected chi connectivity index (χ3v) is 1.91. The van der Waals surface area contributed by atoms with Gasteiger partial charge in [0.05, 0.1) is 0 Å². The summed E-state index contributed by atoms with van der Waals surface area (Å²) >= 11 is 0. The van der Waals surface area contributed by atoms with Crippen molar-refractivity contribution >= 4 is 10.8 Å². The van der Waals surface area contributed by atoms with Gasteiger partial charge in [0, 0.05) is 35.1 Å². The fourth-order valence-electron chi connectivity index (χ4n) is 1.21. The molecule has 56 valence electrons. The van der Waals surface area contributed by atoms with Crippen LogP contribution >= 0.6 is 0 Å². The van der Waals surface area contributed by atoms with Gasteiger partial charge in [-0.3, -0.25) is 9.66 Å². The quantitative estimate of drug-likeness (QED) is 0.566. The summed E-state index contributed by atoms with van der Waals surface area (Å²) in [6.07, 6.45) is 5.49. The van der Waals surface area contributed by atoms with Crippen LogP contribution in [0.15, 0.2) is 24.7 Å². The monoisotopic (exact) mass is 147 g/mol. The summed E-state index contributed by atoms with van der Waals surface area (Å²) < 4.78 is 1.62. The molecule has 2 heterocycles. The number of nitrogens with two attached hydrogens (primary N) is 1. The van der Waals surface area contributed by atoms with E-state index in [0.29, 0.717) is 0 Å². The molecule has 2 aromatic rings. The highest BCUT2D eigenvalue weighted by molar-refractivity contribution is 5.84. The molecule has 0 amide bonds. The van der Waals surface area contributed by atoms with Crippen LogP contribution in [-0.4, -0.2) is 9.66 Å². The number of rotatable bonds is 0. The van der Waals surface area contributed by atoms with Crippen LogP contribution in [0.1, 0.15) is 5.69 Å². The minimum absolute atomic E-state index is 1.05. The van der Waals surface area contributed by atoms with Gasteiger partial charge in [-0.1, -0.05) is 0 Å². The van der Waals surface area contributed by atoms with Crippen molar-refractivity contribution in [2.45, 2.75) is 6.92 Å². The first kappa shape index (κ1) is 6.22. The van der Waals surface area contributed by atoms with Crippen molar-refractivity contribution in [2.75, 3.05) is 5.84 Å². The Morgan fingerprint density at radius 3 is 3.09 bits per heavy atom. The average Bonchev–Trinajstić information content (AvgIpc) is 2.30. The second-order valence-corrected chi connectivity index (χ2v) is 2.58. The molecule has 0 aliphatic carbocycles. The second-order valence-electron chi connectivity index (χ2n) is 2.58. The molecule has 0 bridgehead atoms. The zero-order valence-corrected chi connectivity index (χ0v) is 6.28. The molecule has 0 fully saturated rings. The van der Waals surface area contributed by atoms with Gasteiger partial charge in [0.1, 0.15) is 0 Å². The highest BCUT2D eigenvalue weighted by Crippen LogP contribution is 2.16. The van der Waals surface area contributed by atoms with Gasteiger partial charge in [-0.15, -0.1) is 0 Å². The molecule has 3 heteroatoms. The van der Waals surface area contributed by atoms with Gasteiger partial charge in [-0.2, -0.15) is 0 Å². The van der Waals surface area contributed by atoms with Gasteiger partial charge in [0.25, 0.3) is 0 Å². The van der Waals surface area contributed by atoms with Crippen molar-refractivity contribution < 1.29 is 0 Å². The van der Waals surface area contributed by atoms with Gasteiger partial charge < -0.3 is 5.84 Å². The maximum absolute atomic E-state index is 5.64. The normalized spacial score (nSPS) is 10.6. The second kappa shape index (κ2) is 1.99. The Bertz CT molecular complexity index is 389. The molecule has 0 spiro atoms. The van der Waals surface area contributed by atoms with Gasteiger partial charge in [0.2, 0.25) is 0 Å². The maximum atomic E-state index is 5.64. The molecule has 2 rings (SSSR count).